The van der Waals surface area contributed by atoms with Crippen LogP contribution in [-0.4, -0.2) is 13.6 Å². The van der Waals surface area contributed by atoms with Crippen molar-refractivity contribution >= 4 is 21.6 Å². The second kappa shape index (κ2) is 7.10. The monoisotopic (exact) mass is 346 g/mol. The summed E-state index contributed by atoms with van der Waals surface area (Å²) in [5.41, 5.74) is 11.4. The number of nitrogens with two attached hydrogens (primary N) is 1. The second-order valence-electron chi connectivity index (χ2n) is 5.68. The molecule has 21 heavy (non-hydrogen) atoms. The zero-order valence-electron chi connectivity index (χ0n) is 12.9. The maximum Gasteiger partial charge on any atom is 0.0368 e. The first kappa shape index (κ1) is 16.1. The Morgan fingerprint density at radius 2 is 1.71 bits per heavy atom. The van der Waals surface area contributed by atoms with Crippen LogP contribution in [0.1, 0.15) is 29.2 Å². The molecule has 2 nitrogen and oxygen atoms in total. The third-order valence-corrected chi connectivity index (χ3v) is 4.45. The van der Waals surface area contributed by atoms with E-state index in [9.17, 15) is 0 Å². The van der Waals surface area contributed by atoms with E-state index in [1.807, 2.05) is 18.2 Å². The van der Waals surface area contributed by atoms with Crippen molar-refractivity contribution in [2.24, 2.45) is 5.73 Å². The van der Waals surface area contributed by atoms with Gasteiger partial charge in [0.15, 0.2) is 0 Å². The Morgan fingerprint density at radius 1 is 1.10 bits per heavy atom. The molecule has 0 saturated carbocycles. The highest BCUT2D eigenvalue weighted by Gasteiger charge is 2.11. The van der Waals surface area contributed by atoms with Crippen molar-refractivity contribution in [3.63, 3.8) is 0 Å². The molecular weight excluding hydrogens is 324 g/mol. The normalized spacial score (nSPS) is 12.2. The van der Waals surface area contributed by atoms with Crippen molar-refractivity contribution in [2.75, 3.05) is 18.5 Å². The minimum atomic E-state index is 0.0499. The summed E-state index contributed by atoms with van der Waals surface area (Å²) >= 11 is 3.57. The summed E-state index contributed by atoms with van der Waals surface area (Å²) in [6.45, 7) is 5.21. The molecule has 1 atom stereocenters. The van der Waals surface area contributed by atoms with Gasteiger partial charge in [-0.3, -0.25) is 0 Å². The van der Waals surface area contributed by atoms with Gasteiger partial charge in [-0.05, 0) is 55.2 Å². The molecule has 0 heterocycles. The standard InChI is InChI=1S/C18H23BrN2/c1-13-10-14(2)12-15(11-13)21(3)9-8-18(20)16-6-4-5-7-17(16)19/h4-7,10-12,18H,8-9,20H2,1-3H3. The van der Waals surface area contributed by atoms with Gasteiger partial charge in [-0.1, -0.05) is 40.2 Å². The van der Waals surface area contributed by atoms with Gasteiger partial charge in [0.05, 0.1) is 0 Å². The van der Waals surface area contributed by atoms with Crippen LogP contribution in [0.3, 0.4) is 0 Å². The first-order valence-corrected chi connectivity index (χ1v) is 8.06. The molecule has 0 radical (unpaired) electrons. The highest BCUT2D eigenvalue weighted by Crippen LogP contribution is 2.25. The summed E-state index contributed by atoms with van der Waals surface area (Å²) in [5, 5.41) is 0. The fourth-order valence-electron chi connectivity index (χ4n) is 2.56. The largest absolute Gasteiger partial charge is 0.375 e. The number of hydrogen-bond acceptors (Lipinski definition) is 2. The van der Waals surface area contributed by atoms with Gasteiger partial charge >= 0.3 is 0 Å². The van der Waals surface area contributed by atoms with Gasteiger partial charge < -0.3 is 10.6 Å². The van der Waals surface area contributed by atoms with Crippen LogP contribution in [0.4, 0.5) is 5.69 Å². The van der Waals surface area contributed by atoms with Crippen LogP contribution in [0, 0.1) is 13.8 Å². The molecule has 3 heteroatoms. The van der Waals surface area contributed by atoms with E-state index in [1.54, 1.807) is 0 Å². The van der Waals surface area contributed by atoms with Crippen LogP contribution in [0.2, 0.25) is 0 Å². The number of rotatable bonds is 5. The van der Waals surface area contributed by atoms with E-state index in [-0.39, 0.29) is 6.04 Å². The highest BCUT2D eigenvalue weighted by molar-refractivity contribution is 9.10. The third-order valence-electron chi connectivity index (χ3n) is 3.73. The number of hydrogen-bond donors (Lipinski definition) is 1. The van der Waals surface area contributed by atoms with Crippen molar-refractivity contribution in [3.05, 3.63) is 63.6 Å². The van der Waals surface area contributed by atoms with Crippen molar-refractivity contribution in [2.45, 2.75) is 26.3 Å². The molecule has 2 aromatic rings. The second-order valence-corrected chi connectivity index (χ2v) is 6.54. The van der Waals surface area contributed by atoms with Crippen molar-refractivity contribution in [1.29, 1.82) is 0 Å². The van der Waals surface area contributed by atoms with E-state index < -0.39 is 0 Å². The van der Waals surface area contributed by atoms with E-state index in [0.29, 0.717) is 0 Å². The van der Waals surface area contributed by atoms with Gasteiger partial charge in [-0.2, -0.15) is 0 Å². The number of aryl methyl sites for hydroxylation is 2. The van der Waals surface area contributed by atoms with Crippen LogP contribution in [0.5, 0.6) is 0 Å². The molecule has 2 aromatic carbocycles. The summed E-state index contributed by atoms with van der Waals surface area (Å²) in [4.78, 5) is 2.27. The van der Waals surface area contributed by atoms with Crippen LogP contribution in [0.25, 0.3) is 0 Å². The van der Waals surface area contributed by atoms with Gasteiger partial charge in [0.1, 0.15) is 0 Å². The fourth-order valence-corrected chi connectivity index (χ4v) is 3.14. The Balaban J connectivity index is 2.00. The average molecular weight is 347 g/mol. The van der Waals surface area contributed by atoms with Gasteiger partial charge in [-0.15, -0.1) is 0 Å². The molecule has 2 N–H and O–H groups in total. The van der Waals surface area contributed by atoms with Crippen molar-refractivity contribution in [1.82, 2.24) is 0 Å². The molecule has 0 fully saturated rings. The topological polar surface area (TPSA) is 29.3 Å². The van der Waals surface area contributed by atoms with Crippen LogP contribution >= 0.6 is 15.9 Å². The quantitative estimate of drug-likeness (QED) is 0.857. The molecule has 0 aliphatic rings. The first-order chi connectivity index (χ1) is 9.97. The van der Waals surface area contributed by atoms with Gasteiger partial charge in [0.25, 0.3) is 0 Å². The lowest BCUT2D eigenvalue weighted by Crippen LogP contribution is -2.23. The number of halogens is 1. The lowest BCUT2D eigenvalue weighted by atomic mass is 10.0. The number of nitrogens with zero attached hydrogens (tertiary/aromatic N) is 1. The minimum Gasteiger partial charge on any atom is -0.375 e. The summed E-state index contributed by atoms with van der Waals surface area (Å²) in [6, 6.07) is 14.9. The average Bonchev–Trinajstić information content (AvgIpc) is 2.43. The predicted molar refractivity (Wildman–Crippen MR) is 94.9 cm³/mol. The van der Waals surface area contributed by atoms with E-state index in [4.69, 9.17) is 5.73 Å². The Hall–Kier alpha value is -1.32. The van der Waals surface area contributed by atoms with Crippen molar-refractivity contribution < 1.29 is 0 Å². The molecule has 112 valence electrons. The van der Waals surface area contributed by atoms with Gasteiger partial charge in [0.2, 0.25) is 0 Å². The summed E-state index contributed by atoms with van der Waals surface area (Å²) in [5.74, 6) is 0. The summed E-state index contributed by atoms with van der Waals surface area (Å²) in [6.07, 6.45) is 0.923. The molecule has 0 aliphatic heterocycles. The molecule has 0 amide bonds. The zero-order chi connectivity index (χ0) is 15.4. The third kappa shape index (κ3) is 4.32. The van der Waals surface area contributed by atoms with E-state index in [1.165, 1.54) is 22.4 Å². The zero-order valence-corrected chi connectivity index (χ0v) is 14.5. The first-order valence-electron chi connectivity index (χ1n) is 7.27. The molecule has 0 aromatic heterocycles. The Labute approximate surface area is 136 Å². The van der Waals surface area contributed by atoms with E-state index in [0.717, 1.165) is 17.4 Å². The van der Waals surface area contributed by atoms with Crippen LogP contribution in [0.15, 0.2) is 46.9 Å². The molecule has 0 spiro atoms. The SMILES string of the molecule is Cc1cc(C)cc(N(C)CCC(N)c2ccccc2Br)c1. The highest BCUT2D eigenvalue weighted by atomic mass is 79.9. The molecular formula is C18H23BrN2. The van der Waals surface area contributed by atoms with Crippen LogP contribution < -0.4 is 10.6 Å². The Bertz CT molecular complexity index is 590. The fraction of sp³-hybridized carbons (Fsp3) is 0.333. The van der Waals surface area contributed by atoms with Gasteiger partial charge in [-0.25, -0.2) is 0 Å². The molecule has 1 unspecified atom stereocenters. The molecule has 0 aliphatic carbocycles. The summed E-state index contributed by atoms with van der Waals surface area (Å²) in [7, 11) is 2.13. The lowest BCUT2D eigenvalue weighted by molar-refractivity contribution is 0.643. The van der Waals surface area contributed by atoms with E-state index in [2.05, 4.69) is 66.0 Å². The smallest absolute Gasteiger partial charge is 0.0368 e. The Kier molecular flexibility index (Phi) is 5.43. The Morgan fingerprint density at radius 3 is 2.33 bits per heavy atom. The molecule has 0 bridgehead atoms. The van der Waals surface area contributed by atoms with Gasteiger partial charge in [0, 0.05) is 29.8 Å². The minimum absolute atomic E-state index is 0.0499. The molecule has 2 rings (SSSR count). The number of anilines is 1. The summed E-state index contributed by atoms with van der Waals surface area (Å²) < 4.78 is 1.09. The lowest BCUT2D eigenvalue weighted by Gasteiger charge is -2.23. The maximum atomic E-state index is 6.33. The predicted octanol–water partition coefficient (Wildman–Crippen LogP) is 4.59. The van der Waals surface area contributed by atoms with Crippen molar-refractivity contribution in [3.8, 4) is 0 Å². The van der Waals surface area contributed by atoms with Crippen LogP contribution in [-0.2, 0) is 0 Å². The maximum absolute atomic E-state index is 6.33. The number of benzene rings is 2. The van der Waals surface area contributed by atoms with E-state index >= 15 is 0 Å². The molecule has 0 saturated heterocycles.